The number of hydrogen-bond donors (Lipinski definition) is 1. The normalized spacial score (nSPS) is 11.2. The molecular weight excluding hydrogens is 436 g/mol. The van der Waals surface area contributed by atoms with E-state index in [-0.39, 0.29) is 22.4 Å². The van der Waals surface area contributed by atoms with Crippen molar-refractivity contribution in [3.63, 3.8) is 0 Å². The third-order valence-electron chi connectivity index (χ3n) is 5.10. The number of hydrogen-bond acceptors (Lipinski definition) is 4. The lowest BCUT2D eigenvalue weighted by molar-refractivity contribution is -0.116. The maximum atomic E-state index is 13.8. The molecule has 32 heavy (non-hydrogen) atoms. The molecule has 4 rings (SSSR count). The second kappa shape index (κ2) is 8.16. The van der Waals surface area contributed by atoms with Crippen LogP contribution in [0.3, 0.4) is 0 Å². The van der Waals surface area contributed by atoms with E-state index in [0.717, 1.165) is 44.7 Å². The number of benzene rings is 2. The number of carbonyl (C=O) groups is 1. The fourth-order valence-electron chi connectivity index (χ4n) is 3.84. The van der Waals surface area contributed by atoms with Gasteiger partial charge in [-0.1, -0.05) is 17.7 Å². The van der Waals surface area contributed by atoms with E-state index in [1.807, 2.05) is 32.9 Å². The van der Waals surface area contributed by atoms with Gasteiger partial charge < -0.3 is 5.32 Å². The van der Waals surface area contributed by atoms with Crippen LogP contribution in [-0.4, -0.2) is 15.0 Å². The van der Waals surface area contributed by atoms with Gasteiger partial charge in [-0.25, -0.2) is 18.1 Å². The topological polar surface area (TPSA) is 73.1 Å². The molecule has 0 fully saturated rings. The highest BCUT2D eigenvalue weighted by Crippen LogP contribution is 2.22. The molecule has 0 saturated carbocycles. The maximum absolute atomic E-state index is 13.8. The molecule has 2 heterocycles. The number of amides is 1. The maximum Gasteiger partial charge on any atom is 0.336 e. The summed E-state index contributed by atoms with van der Waals surface area (Å²) in [6, 6.07) is 7.88. The first-order valence-corrected chi connectivity index (χ1v) is 10.6. The molecule has 0 atom stereocenters. The molecule has 0 aliphatic rings. The lowest BCUT2D eigenvalue weighted by Crippen LogP contribution is -2.40. The summed E-state index contributed by atoms with van der Waals surface area (Å²) >= 11 is 1.08. The Morgan fingerprint density at radius 1 is 1.00 bits per heavy atom. The van der Waals surface area contributed by atoms with E-state index in [4.69, 9.17) is 0 Å². The zero-order valence-electron chi connectivity index (χ0n) is 17.5. The molecule has 0 saturated heterocycles. The van der Waals surface area contributed by atoms with Crippen LogP contribution < -0.4 is 16.6 Å². The molecule has 0 aliphatic heterocycles. The molecule has 164 valence electrons. The van der Waals surface area contributed by atoms with Gasteiger partial charge in [-0.2, -0.15) is 0 Å². The van der Waals surface area contributed by atoms with Gasteiger partial charge in [-0.15, -0.1) is 11.3 Å². The molecule has 0 radical (unpaired) electrons. The molecule has 0 aliphatic carbocycles. The predicted molar refractivity (Wildman–Crippen MR) is 121 cm³/mol. The summed E-state index contributed by atoms with van der Waals surface area (Å²) in [5.74, 6) is -2.32. The number of carbonyl (C=O) groups excluding carboxylic acids is 1. The minimum absolute atomic E-state index is 0.199. The highest BCUT2D eigenvalue weighted by atomic mass is 32.1. The quantitative estimate of drug-likeness (QED) is 0.505. The molecule has 6 nitrogen and oxygen atoms in total. The summed E-state index contributed by atoms with van der Waals surface area (Å²) in [4.78, 5) is 39.0. The van der Waals surface area contributed by atoms with E-state index in [2.05, 4.69) is 5.32 Å². The van der Waals surface area contributed by atoms with E-state index >= 15 is 0 Å². The Kier molecular flexibility index (Phi) is 5.52. The van der Waals surface area contributed by atoms with Crippen LogP contribution in [0.1, 0.15) is 16.7 Å². The van der Waals surface area contributed by atoms with Crippen molar-refractivity contribution in [1.29, 1.82) is 0 Å². The van der Waals surface area contributed by atoms with E-state index in [0.29, 0.717) is 16.3 Å². The number of rotatable bonds is 4. The molecule has 2 aromatic carbocycles. The van der Waals surface area contributed by atoms with Crippen molar-refractivity contribution in [3.8, 4) is 5.69 Å². The van der Waals surface area contributed by atoms with Crippen LogP contribution in [0.25, 0.3) is 15.9 Å². The van der Waals surface area contributed by atoms with Gasteiger partial charge in [0.25, 0.3) is 5.56 Å². The fourth-order valence-corrected chi connectivity index (χ4v) is 4.66. The first-order chi connectivity index (χ1) is 15.2. The summed E-state index contributed by atoms with van der Waals surface area (Å²) in [5.41, 5.74) is 1.94. The highest BCUT2D eigenvalue weighted by molar-refractivity contribution is 7.17. The van der Waals surface area contributed by atoms with Crippen molar-refractivity contribution in [1.82, 2.24) is 9.13 Å². The van der Waals surface area contributed by atoms with Gasteiger partial charge in [0.2, 0.25) is 5.91 Å². The number of fused-ring (bicyclic) bond motifs is 1. The number of aromatic nitrogens is 2. The van der Waals surface area contributed by atoms with Gasteiger partial charge in [-0.3, -0.25) is 14.2 Å². The van der Waals surface area contributed by atoms with E-state index < -0.39 is 28.8 Å². The van der Waals surface area contributed by atoms with Crippen LogP contribution in [0.4, 0.5) is 14.5 Å². The SMILES string of the molecule is Cc1cc(C)c(NC(=O)Cn2c(=O)n(-c3cc(F)cc(F)c3)c(=O)c3sccc32)c(C)c1. The second-order valence-corrected chi connectivity index (χ2v) is 8.51. The zero-order valence-corrected chi connectivity index (χ0v) is 18.3. The standard InChI is InChI=1S/C23H19F2N3O3S/c1-12-6-13(2)20(14(3)7-12)26-19(29)11-27-18-4-5-32-21(18)22(30)28(23(27)31)17-9-15(24)8-16(25)10-17/h4-10H,11H2,1-3H3,(H,26,29). The van der Waals surface area contributed by atoms with Crippen LogP contribution in [0.5, 0.6) is 0 Å². The minimum atomic E-state index is -0.924. The number of aryl methyl sites for hydroxylation is 3. The lowest BCUT2D eigenvalue weighted by Gasteiger charge is -2.15. The molecule has 9 heteroatoms. The van der Waals surface area contributed by atoms with Crippen molar-refractivity contribution >= 4 is 33.1 Å². The summed E-state index contributed by atoms with van der Waals surface area (Å²) < 4.78 is 29.5. The average molecular weight is 455 g/mol. The van der Waals surface area contributed by atoms with E-state index in [1.54, 1.807) is 11.4 Å². The third kappa shape index (κ3) is 3.87. The van der Waals surface area contributed by atoms with Crippen molar-refractivity contribution in [2.24, 2.45) is 0 Å². The Labute approximate surface area is 185 Å². The fraction of sp³-hybridized carbons (Fsp3) is 0.174. The van der Waals surface area contributed by atoms with E-state index in [9.17, 15) is 23.2 Å². The molecule has 4 aromatic rings. The average Bonchev–Trinajstić information content (AvgIpc) is 3.17. The van der Waals surface area contributed by atoms with E-state index in [1.165, 1.54) is 0 Å². The van der Waals surface area contributed by atoms with Crippen molar-refractivity contribution in [2.75, 3.05) is 5.32 Å². The van der Waals surface area contributed by atoms with Gasteiger partial charge in [0, 0.05) is 11.8 Å². The number of halogens is 2. The summed E-state index contributed by atoms with van der Waals surface area (Å²) in [6.45, 7) is 5.32. The Morgan fingerprint density at radius 3 is 2.25 bits per heavy atom. The molecule has 0 unspecified atom stereocenters. The molecule has 2 aromatic heterocycles. The van der Waals surface area contributed by atoms with Crippen LogP contribution in [0.15, 0.2) is 51.4 Å². The predicted octanol–water partition coefficient (Wildman–Crippen LogP) is 4.06. The van der Waals surface area contributed by atoms with Crippen molar-refractivity contribution < 1.29 is 13.6 Å². The largest absolute Gasteiger partial charge is 0.336 e. The molecule has 0 spiro atoms. The highest BCUT2D eigenvalue weighted by Gasteiger charge is 2.19. The van der Waals surface area contributed by atoms with Crippen molar-refractivity contribution in [3.05, 3.63) is 90.9 Å². The Balaban J connectivity index is 1.81. The number of anilines is 1. The summed E-state index contributed by atoms with van der Waals surface area (Å²) in [6.07, 6.45) is 0. The number of nitrogens with one attached hydrogen (secondary N) is 1. The van der Waals surface area contributed by atoms with Crippen LogP contribution in [-0.2, 0) is 11.3 Å². The first-order valence-electron chi connectivity index (χ1n) is 9.73. The number of nitrogens with zero attached hydrogens (tertiary/aromatic N) is 2. The van der Waals surface area contributed by atoms with Crippen LogP contribution in [0, 0.1) is 32.4 Å². The van der Waals surface area contributed by atoms with Gasteiger partial charge >= 0.3 is 5.69 Å². The van der Waals surface area contributed by atoms with Gasteiger partial charge in [0.15, 0.2) is 0 Å². The lowest BCUT2D eigenvalue weighted by atomic mass is 10.1. The van der Waals surface area contributed by atoms with Gasteiger partial charge in [0.05, 0.1) is 11.2 Å². The monoisotopic (exact) mass is 455 g/mol. The molecule has 0 bridgehead atoms. The van der Waals surface area contributed by atoms with Gasteiger partial charge in [-0.05, 0) is 55.5 Å². The first kappa shape index (κ1) is 21.6. The Hall–Kier alpha value is -3.59. The Morgan fingerprint density at radius 2 is 1.62 bits per heavy atom. The second-order valence-electron chi connectivity index (χ2n) is 7.59. The molecular formula is C23H19F2N3O3S. The summed E-state index contributed by atoms with van der Waals surface area (Å²) in [7, 11) is 0. The summed E-state index contributed by atoms with van der Waals surface area (Å²) in [5, 5.41) is 4.44. The third-order valence-corrected chi connectivity index (χ3v) is 6.00. The van der Waals surface area contributed by atoms with Crippen LogP contribution >= 0.6 is 11.3 Å². The number of thiophene rings is 1. The van der Waals surface area contributed by atoms with Gasteiger partial charge in [0.1, 0.15) is 22.9 Å². The minimum Gasteiger partial charge on any atom is -0.324 e. The zero-order chi connectivity index (χ0) is 23.2. The van der Waals surface area contributed by atoms with Crippen molar-refractivity contribution in [2.45, 2.75) is 27.3 Å². The smallest absolute Gasteiger partial charge is 0.324 e. The molecule has 1 amide bonds. The van der Waals surface area contributed by atoms with Crippen LogP contribution in [0.2, 0.25) is 0 Å². The Bertz CT molecular complexity index is 1460. The molecule has 1 N–H and O–H groups in total.